The predicted octanol–water partition coefficient (Wildman–Crippen LogP) is 3.83. The quantitative estimate of drug-likeness (QED) is 0.934. The van der Waals surface area contributed by atoms with Crippen LogP contribution in [0.2, 0.25) is 0 Å². The molecule has 0 amide bonds. The van der Waals surface area contributed by atoms with E-state index in [2.05, 4.69) is 4.72 Å². The molecule has 0 aliphatic rings. The van der Waals surface area contributed by atoms with Gasteiger partial charge in [-0.2, -0.15) is 0 Å². The summed E-state index contributed by atoms with van der Waals surface area (Å²) in [5.41, 5.74) is 2.91. The van der Waals surface area contributed by atoms with E-state index in [1.54, 1.807) is 17.8 Å². The van der Waals surface area contributed by atoms with Crippen LogP contribution in [0.3, 0.4) is 0 Å². The minimum Gasteiger partial charge on any atom is -0.283 e. The Morgan fingerprint density at radius 1 is 0.950 bits per heavy atom. The first-order chi connectivity index (χ1) is 9.33. The monoisotopic (exact) mass is 307 g/mol. The summed E-state index contributed by atoms with van der Waals surface area (Å²) in [6, 6.07) is 13.8. The lowest BCUT2D eigenvalue weighted by Crippen LogP contribution is -2.10. The maximum absolute atomic E-state index is 11.4. The van der Waals surface area contributed by atoms with E-state index >= 15 is 0 Å². The molecular weight excluding hydrogens is 290 g/mol. The number of hydrogen-bond donors (Lipinski definition) is 1. The second-order valence-corrected chi connectivity index (χ2v) is 7.65. The number of rotatable bonds is 4. The van der Waals surface area contributed by atoms with Gasteiger partial charge in [-0.25, -0.2) is 8.42 Å². The van der Waals surface area contributed by atoms with E-state index in [1.807, 2.05) is 50.2 Å². The Hall–Kier alpha value is -1.46. The molecule has 0 aliphatic carbocycles. The van der Waals surface area contributed by atoms with Crippen LogP contribution in [0.25, 0.3) is 0 Å². The van der Waals surface area contributed by atoms with Crippen molar-refractivity contribution < 1.29 is 8.42 Å². The third-order valence-electron chi connectivity index (χ3n) is 2.68. The van der Waals surface area contributed by atoms with Gasteiger partial charge < -0.3 is 0 Å². The number of benzene rings is 2. The first-order valence-electron chi connectivity index (χ1n) is 6.16. The van der Waals surface area contributed by atoms with Crippen molar-refractivity contribution in [1.82, 2.24) is 0 Å². The topological polar surface area (TPSA) is 46.2 Å². The molecule has 0 saturated carbocycles. The minimum absolute atomic E-state index is 0.615. The Morgan fingerprint density at radius 2 is 1.55 bits per heavy atom. The van der Waals surface area contributed by atoms with Gasteiger partial charge in [-0.05, 0) is 43.7 Å². The van der Waals surface area contributed by atoms with Gasteiger partial charge in [-0.3, -0.25) is 4.72 Å². The zero-order chi connectivity index (χ0) is 14.8. The van der Waals surface area contributed by atoms with Crippen molar-refractivity contribution >= 4 is 27.5 Å². The van der Waals surface area contributed by atoms with E-state index in [1.165, 1.54) is 5.56 Å². The molecule has 20 heavy (non-hydrogen) atoms. The molecule has 2 aromatic rings. The molecule has 2 aromatic carbocycles. The lowest BCUT2D eigenvalue weighted by Gasteiger charge is -2.11. The Balaban J connectivity index is 2.34. The van der Waals surface area contributed by atoms with E-state index in [0.29, 0.717) is 5.69 Å². The van der Waals surface area contributed by atoms with Crippen LogP contribution in [0.15, 0.2) is 52.3 Å². The molecule has 3 nitrogen and oxygen atoms in total. The van der Waals surface area contributed by atoms with Gasteiger partial charge in [0.15, 0.2) is 0 Å². The largest absolute Gasteiger partial charge is 0.283 e. The van der Waals surface area contributed by atoms with Crippen molar-refractivity contribution in [2.24, 2.45) is 0 Å². The Labute approximate surface area is 124 Å². The van der Waals surface area contributed by atoms with E-state index in [-0.39, 0.29) is 0 Å². The molecule has 0 bridgehead atoms. The summed E-state index contributed by atoms with van der Waals surface area (Å²) in [6.07, 6.45) is 1.16. The van der Waals surface area contributed by atoms with Gasteiger partial charge in [0.05, 0.1) is 11.9 Å². The average Bonchev–Trinajstić information content (AvgIpc) is 2.34. The fourth-order valence-electron chi connectivity index (χ4n) is 1.73. The van der Waals surface area contributed by atoms with Gasteiger partial charge in [0.2, 0.25) is 10.0 Å². The molecule has 0 saturated heterocycles. The fraction of sp³-hybridized carbons (Fsp3) is 0.200. The molecule has 0 unspecified atom stereocenters. The highest BCUT2D eigenvalue weighted by molar-refractivity contribution is 7.99. The molecule has 0 fully saturated rings. The summed E-state index contributed by atoms with van der Waals surface area (Å²) in [5.74, 6) is 0. The average molecular weight is 307 g/mol. The smallest absolute Gasteiger partial charge is 0.229 e. The van der Waals surface area contributed by atoms with Crippen LogP contribution < -0.4 is 4.72 Å². The van der Waals surface area contributed by atoms with Crippen LogP contribution in [0.1, 0.15) is 11.1 Å². The molecule has 2 rings (SSSR count). The van der Waals surface area contributed by atoms with Crippen LogP contribution in [0.4, 0.5) is 5.69 Å². The van der Waals surface area contributed by atoms with Gasteiger partial charge in [0, 0.05) is 9.79 Å². The Kier molecular flexibility index (Phi) is 4.40. The summed E-state index contributed by atoms with van der Waals surface area (Å²) in [7, 11) is -3.27. The van der Waals surface area contributed by atoms with Crippen LogP contribution in [0.5, 0.6) is 0 Å². The lowest BCUT2D eigenvalue weighted by atomic mass is 10.2. The Bertz CT molecular complexity index is 707. The minimum atomic E-state index is -3.27. The number of hydrogen-bond acceptors (Lipinski definition) is 3. The molecule has 0 heterocycles. The van der Waals surface area contributed by atoms with E-state index < -0.39 is 10.0 Å². The van der Waals surface area contributed by atoms with Crippen LogP contribution in [-0.4, -0.2) is 14.7 Å². The van der Waals surface area contributed by atoms with E-state index in [9.17, 15) is 8.42 Å². The SMILES string of the molecule is Cc1ccc(Sc2cc(C)ccc2NS(C)(=O)=O)cc1. The van der Waals surface area contributed by atoms with Gasteiger partial charge in [0.25, 0.3) is 0 Å². The third kappa shape index (κ3) is 4.28. The van der Waals surface area contributed by atoms with Crippen molar-refractivity contribution in [2.45, 2.75) is 23.6 Å². The van der Waals surface area contributed by atoms with E-state index in [4.69, 9.17) is 0 Å². The van der Waals surface area contributed by atoms with Gasteiger partial charge in [-0.1, -0.05) is 35.5 Å². The van der Waals surface area contributed by atoms with Crippen molar-refractivity contribution in [1.29, 1.82) is 0 Å². The summed E-state index contributed by atoms with van der Waals surface area (Å²) >= 11 is 1.55. The molecule has 0 aliphatic heterocycles. The van der Waals surface area contributed by atoms with Crippen molar-refractivity contribution in [2.75, 3.05) is 11.0 Å². The molecule has 106 valence electrons. The number of aryl methyl sites for hydroxylation is 2. The molecule has 1 N–H and O–H groups in total. The van der Waals surface area contributed by atoms with Crippen LogP contribution >= 0.6 is 11.8 Å². The molecule has 0 atom stereocenters. The second-order valence-electron chi connectivity index (χ2n) is 4.79. The van der Waals surface area contributed by atoms with Crippen molar-refractivity contribution in [3.05, 3.63) is 53.6 Å². The van der Waals surface area contributed by atoms with Gasteiger partial charge >= 0.3 is 0 Å². The highest BCUT2D eigenvalue weighted by atomic mass is 32.2. The van der Waals surface area contributed by atoms with Crippen LogP contribution in [0, 0.1) is 13.8 Å². The predicted molar refractivity (Wildman–Crippen MR) is 84.9 cm³/mol. The molecule has 0 radical (unpaired) electrons. The summed E-state index contributed by atoms with van der Waals surface area (Å²) in [5, 5.41) is 0. The number of nitrogens with one attached hydrogen (secondary N) is 1. The molecular formula is C15H17NO2S2. The maximum atomic E-state index is 11.4. The molecule has 0 aromatic heterocycles. The van der Waals surface area contributed by atoms with E-state index in [0.717, 1.165) is 21.6 Å². The molecule has 5 heteroatoms. The van der Waals surface area contributed by atoms with Crippen molar-refractivity contribution in [3.8, 4) is 0 Å². The summed E-state index contributed by atoms with van der Waals surface area (Å²) in [4.78, 5) is 1.98. The van der Waals surface area contributed by atoms with Crippen molar-refractivity contribution in [3.63, 3.8) is 0 Å². The molecule has 0 spiro atoms. The zero-order valence-corrected chi connectivity index (χ0v) is 13.3. The maximum Gasteiger partial charge on any atom is 0.229 e. The highest BCUT2D eigenvalue weighted by Crippen LogP contribution is 2.34. The zero-order valence-electron chi connectivity index (χ0n) is 11.7. The Morgan fingerprint density at radius 3 is 2.15 bits per heavy atom. The summed E-state index contributed by atoms with van der Waals surface area (Å²) in [6.45, 7) is 4.03. The highest BCUT2D eigenvalue weighted by Gasteiger charge is 2.09. The number of sulfonamides is 1. The summed E-state index contributed by atoms with van der Waals surface area (Å²) < 4.78 is 25.4. The first kappa shape index (κ1) is 14.9. The normalized spacial score (nSPS) is 11.3. The first-order valence-corrected chi connectivity index (χ1v) is 8.87. The second kappa shape index (κ2) is 5.89. The lowest BCUT2D eigenvalue weighted by molar-refractivity contribution is 0.606. The van der Waals surface area contributed by atoms with Gasteiger partial charge in [0.1, 0.15) is 0 Å². The third-order valence-corrected chi connectivity index (χ3v) is 4.34. The standard InChI is InChI=1S/C15H17NO2S2/c1-11-4-7-13(8-5-11)19-15-10-12(2)6-9-14(15)16-20(3,17)18/h4-10,16H,1-3H3. The fourth-order valence-corrected chi connectivity index (χ4v) is 3.37. The number of anilines is 1. The van der Waals surface area contributed by atoms with Crippen LogP contribution in [-0.2, 0) is 10.0 Å². The van der Waals surface area contributed by atoms with Gasteiger partial charge in [-0.15, -0.1) is 0 Å².